The van der Waals surface area contributed by atoms with Crippen LogP contribution in [0, 0.1) is 0 Å². The van der Waals surface area contributed by atoms with Gasteiger partial charge in [0.2, 0.25) is 0 Å². The standard InChI is InChI=1S/C15H14N2O3/c1-20-15(19)13(10-12-8-5-9-16-12)17-14(18)11-6-3-2-4-7-11/h2-10,16H,1H3,(H,17,18). The molecule has 1 heterocycles. The van der Waals surface area contributed by atoms with Crippen LogP contribution in [0.1, 0.15) is 16.1 Å². The molecule has 0 spiro atoms. The first kappa shape index (κ1) is 13.6. The minimum Gasteiger partial charge on any atom is -0.464 e. The monoisotopic (exact) mass is 270 g/mol. The molecule has 2 rings (SSSR count). The third kappa shape index (κ3) is 3.35. The van der Waals surface area contributed by atoms with Gasteiger partial charge in [-0.1, -0.05) is 18.2 Å². The average Bonchev–Trinajstić information content (AvgIpc) is 2.99. The molecule has 1 aromatic carbocycles. The van der Waals surface area contributed by atoms with Crippen molar-refractivity contribution in [3.8, 4) is 0 Å². The Kier molecular flexibility index (Phi) is 4.34. The number of hydrogen-bond acceptors (Lipinski definition) is 3. The molecule has 0 bridgehead atoms. The molecule has 0 aliphatic rings. The van der Waals surface area contributed by atoms with Crippen molar-refractivity contribution >= 4 is 18.0 Å². The molecule has 102 valence electrons. The van der Waals surface area contributed by atoms with Crippen LogP contribution < -0.4 is 5.32 Å². The summed E-state index contributed by atoms with van der Waals surface area (Å²) in [5.74, 6) is -0.974. The van der Waals surface area contributed by atoms with Gasteiger partial charge in [-0.3, -0.25) is 4.79 Å². The van der Waals surface area contributed by atoms with Crippen LogP contribution in [0.15, 0.2) is 54.4 Å². The van der Waals surface area contributed by atoms with Crippen LogP contribution in [0.4, 0.5) is 0 Å². The quantitative estimate of drug-likeness (QED) is 0.659. The van der Waals surface area contributed by atoms with Gasteiger partial charge < -0.3 is 15.0 Å². The van der Waals surface area contributed by atoms with Gasteiger partial charge in [-0.15, -0.1) is 0 Å². The molecule has 0 radical (unpaired) electrons. The number of hydrogen-bond donors (Lipinski definition) is 2. The predicted octanol–water partition coefficient (Wildman–Crippen LogP) is 1.96. The summed E-state index contributed by atoms with van der Waals surface area (Å²) in [4.78, 5) is 26.6. The minimum absolute atomic E-state index is 0.0730. The van der Waals surface area contributed by atoms with Crippen molar-refractivity contribution in [2.75, 3.05) is 7.11 Å². The molecular formula is C15H14N2O3. The highest BCUT2D eigenvalue weighted by Crippen LogP contribution is 2.06. The number of carbonyl (C=O) groups is 2. The van der Waals surface area contributed by atoms with Gasteiger partial charge in [0.15, 0.2) is 0 Å². The molecular weight excluding hydrogens is 256 g/mol. The van der Waals surface area contributed by atoms with E-state index in [1.54, 1.807) is 42.6 Å². The van der Waals surface area contributed by atoms with Gasteiger partial charge >= 0.3 is 5.97 Å². The van der Waals surface area contributed by atoms with E-state index in [0.717, 1.165) is 0 Å². The van der Waals surface area contributed by atoms with E-state index in [9.17, 15) is 9.59 Å². The zero-order chi connectivity index (χ0) is 14.4. The van der Waals surface area contributed by atoms with Gasteiger partial charge in [0.25, 0.3) is 5.91 Å². The molecule has 5 heteroatoms. The number of benzene rings is 1. The van der Waals surface area contributed by atoms with Crippen LogP contribution in [-0.4, -0.2) is 24.0 Å². The number of amides is 1. The van der Waals surface area contributed by atoms with Crippen molar-refractivity contribution in [2.24, 2.45) is 0 Å². The zero-order valence-corrected chi connectivity index (χ0v) is 10.9. The Hall–Kier alpha value is -2.82. The van der Waals surface area contributed by atoms with E-state index < -0.39 is 5.97 Å². The van der Waals surface area contributed by atoms with E-state index in [-0.39, 0.29) is 11.6 Å². The number of carbonyl (C=O) groups excluding carboxylic acids is 2. The molecule has 0 saturated heterocycles. The molecule has 2 aromatic rings. The van der Waals surface area contributed by atoms with Gasteiger partial charge in [-0.25, -0.2) is 4.79 Å². The number of esters is 1. The van der Waals surface area contributed by atoms with Gasteiger partial charge in [-0.05, 0) is 30.3 Å². The highest BCUT2D eigenvalue weighted by atomic mass is 16.5. The molecule has 1 amide bonds. The van der Waals surface area contributed by atoms with Crippen molar-refractivity contribution in [1.29, 1.82) is 0 Å². The summed E-state index contributed by atoms with van der Waals surface area (Å²) < 4.78 is 4.66. The molecule has 0 saturated carbocycles. The van der Waals surface area contributed by atoms with E-state index in [4.69, 9.17) is 0 Å². The summed E-state index contributed by atoms with van der Waals surface area (Å²) in [5.41, 5.74) is 1.23. The molecule has 20 heavy (non-hydrogen) atoms. The summed E-state index contributed by atoms with van der Waals surface area (Å²) in [6, 6.07) is 12.2. The van der Waals surface area contributed by atoms with E-state index in [0.29, 0.717) is 11.3 Å². The fourth-order valence-corrected chi connectivity index (χ4v) is 1.63. The Morgan fingerprint density at radius 1 is 1.15 bits per heavy atom. The van der Waals surface area contributed by atoms with E-state index in [1.165, 1.54) is 13.2 Å². The second kappa shape index (κ2) is 6.38. The van der Waals surface area contributed by atoms with Gasteiger partial charge in [0, 0.05) is 17.5 Å². The van der Waals surface area contributed by atoms with Crippen LogP contribution in [0.5, 0.6) is 0 Å². The molecule has 0 fully saturated rings. The first-order valence-electron chi connectivity index (χ1n) is 6.00. The van der Waals surface area contributed by atoms with Crippen LogP contribution in [0.3, 0.4) is 0 Å². The Bertz CT molecular complexity index is 616. The van der Waals surface area contributed by atoms with E-state index in [2.05, 4.69) is 15.0 Å². The van der Waals surface area contributed by atoms with Crippen molar-refractivity contribution < 1.29 is 14.3 Å². The fraction of sp³-hybridized carbons (Fsp3) is 0.0667. The third-order valence-corrected chi connectivity index (χ3v) is 2.61. The molecule has 0 aliphatic carbocycles. The van der Waals surface area contributed by atoms with Crippen molar-refractivity contribution in [3.63, 3.8) is 0 Å². The molecule has 5 nitrogen and oxygen atoms in total. The van der Waals surface area contributed by atoms with Crippen LogP contribution in [0.25, 0.3) is 6.08 Å². The van der Waals surface area contributed by atoms with Gasteiger partial charge in [-0.2, -0.15) is 0 Å². The molecule has 1 aromatic heterocycles. The zero-order valence-electron chi connectivity index (χ0n) is 10.9. The highest BCUT2D eigenvalue weighted by molar-refractivity contribution is 6.03. The molecule has 0 aliphatic heterocycles. The lowest BCUT2D eigenvalue weighted by Gasteiger charge is -2.07. The number of methoxy groups -OCH3 is 1. The second-order valence-corrected chi connectivity index (χ2v) is 4.00. The Morgan fingerprint density at radius 2 is 1.90 bits per heavy atom. The number of aromatic nitrogens is 1. The van der Waals surface area contributed by atoms with Gasteiger partial charge in [0.1, 0.15) is 5.70 Å². The second-order valence-electron chi connectivity index (χ2n) is 4.00. The minimum atomic E-state index is -0.608. The summed E-state index contributed by atoms with van der Waals surface area (Å²) in [7, 11) is 1.26. The van der Waals surface area contributed by atoms with Crippen LogP contribution in [-0.2, 0) is 9.53 Å². The molecule has 0 unspecified atom stereocenters. The maximum atomic E-state index is 12.0. The van der Waals surface area contributed by atoms with Gasteiger partial charge in [0.05, 0.1) is 7.11 Å². The Labute approximate surface area is 116 Å². The molecule has 2 N–H and O–H groups in total. The highest BCUT2D eigenvalue weighted by Gasteiger charge is 2.14. The fourth-order valence-electron chi connectivity index (χ4n) is 1.63. The van der Waals surface area contributed by atoms with Crippen molar-refractivity contribution in [3.05, 3.63) is 65.6 Å². The normalized spacial score (nSPS) is 10.9. The lowest BCUT2D eigenvalue weighted by molar-refractivity contribution is -0.136. The summed E-state index contributed by atoms with van der Waals surface area (Å²) in [6.07, 6.45) is 3.24. The Morgan fingerprint density at radius 3 is 2.50 bits per heavy atom. The van der Waals surface area contributed by atoms with E-state index in [1.807, 2.05) is 6.07 Å². The summed E-state index contributed by atoms with van der Waals surface area (Å²) >= 11 is 0. The topological polar surface area (TPSA) is 71.2 Å². The molecule has 0 atom stereocenters. The number of nitrogens with one attached hydrogen (secondary N) is 2. The first-order chi connectivity index (χ1) is 9.70. The van der Waals surface area contributed by atoms with Crippen molar-refractivity contribution in [1.82, 2.24) is 10.3 Å². The smallest absolute Gasteiger partial charge is 0.354 e. The first-order valence-corrected chi connectivity index (χ1v) is 6.00. The summed E-state index contributed by atoms with van der Waals surface area (Å²) in [5, 5.41) is 2.55. The van der Waals surface area contributed by atoms with Crippen LogP contribution >= 0.6 is 0 Å². The average molecular weight is 270 g/mol. The SMILES string of the molecule is COC(=O)C(=Cc1ccc[nH]1)NC(=O)c1ccccc1. The Balaban J connectivity index is 2.21. The summed E-state index contributed by atoms with van der Waals surface area (Å²) in [6.45, 7) is 0. The lowest BCUT2D eigenvalue weighted by Crippen LogP contribution is -2.28. The van der Waals surface area contributed by atoms with Crippen molar-refractivity contribution in [2.45, 2.75) is 0 Å². The number of ether oxygens (including phenoxy) is 1. The van der Waals surface area contributed by atoms with E-state index >= 15 is 0 Å². The predicted molar refractivity (Wildman–Crippen MR) is 74.7 cm³/mol. The number of aromatic amines is 1. The largest absolute Gasteiger partial charge is 0.464 e. The third-order valence-electron chi connectivity index (χ3n) is 2.61. The van der Waals surface area contributed by atoms with Crippen LogP contribution in [0.2, 0.25) is 0 Å². The number of H-pyrrole nitrogens is 1. The maximum Gasteiger partial charge on any atom is 0.354 e. The maximum absolute atomic E-state index is 12.0. The lowest BCUT2D eigenvalue weighted by atomic mass is 10.2. The number of rotatable bonds is 4.